The molecule has 1 heterocycles. The average Bonchev–Trinajstić information content (AvgIpc) is 2.46. The largest absolute Gasteiger partial charge is 0.375 e. The molecule has 1 aromatic carbocycles. The molecule has 1 fully saturated rings. The van der Waals surface area contributed by atoms with Crippen molar-refractivity contribution in [1.82, 2.24) is 4.90 Å². The number of rotatable bonds is 4. The first-order valence-corrected chi connectivity index (χ1v) is 7.85. The highest BCUT2D eigenvalue weighted by Crippen LogP contribution is 2.25. The van der Waals surface area contributed by atoms with E-state index in [0.717, 1.165) is 31.5 Å². The third-order valence-electron chi connectivity index (χ3n) is 3.78. The molecule has 1 N–H and O–H groups in total. The highest BCUT2D eigenvalue weighted by atomic mass is 35.5. The highest BCUT2D eigenvalue weighted by molar-refractivity contribution is 6.36. The van der Waals surface area contributed by atoms with E-state index in [4.69, 9.17) is 23.2 Å². The summed E-state index contributed by atoms with van der Waals surface area (Å²) in [6.45, 7) is 3.28. The molecule has 1 unspecified atom stereocenters. The van der Waals surface area contributed by atoms with Gasteiger partial charge in [0.1, 0.15) is 0 Å². The van der Waals surface area contributed by atoms with Gasteiger partial charge in [0.25, 0.3) is 0 Å². The van der Waals surface area contributed by atoms with Crippen molar-refractivity contribution >= 4 is 34.8 Å². The van der Waals surface area contributed by atoms with Crippen LogP contribution in [0.25, 0.3) is 0 Å². The van der Waals surface area contributed by atoms with Gasteiger partial charge in [0.05, 0.1) is 17.3 Å². The summed E-state index contributed by atoms with van der Waals surface area (Å²) in [7, 11) is 0. The molecular weight excluding hydrogens is 295 g/mol. The zero-order valence-corrected chi connectivity index (χ0v) is 13.2. The Morgan fingerprint density at radius 1 is 1.40 bits per heavy atom. The van der Waals surface area contributed by atoms with Crippen molar-refractivity contribution < 1.29 is 4.79 Å². The fourth-order valence-corrected chi connectivity index (χ4v) is 3.13. The summed E-state index contributed by atoms with van der Waals surface area (Å²) in [5, 5.41) is 4.23. The van der Waals surface area contributed by atoms with Gasteiger partial charge in [-0.15, -0.1) is 0 Å². The van der Waals surface area contributed by atoms with Crippen LogP contribution in [-0.2, 0) is 4.79 Å². The third kappa shape index (κ3) is 3.80. The number of nitrogens with one attached hydrogen (secondary N) is 1. The number of halogens is 2. The minimum atomic E-state index is 0.141. The number of hydrogen-bond acceptors (Lipinski definition) is 2. The fraction of sp³-hybridized carbons (Fsp3) is 0.533. The molecule has 5 heteroatoms. The zero-order chi connectivity index (χ0) is 14.5. The Morgan fingerprint density at radius 2 is 2.20 bits per heavy atom. The normalized spacial score (nSPS) is 18.9. The van der Waals surface area contributed by atoms with Crippen LogP contribution in [0.3, 0.4) is 0 Å². The molecule has 1 saturated heterocycles. The summed E-state index contributed by atoms with van der Waals surface area (Å²) in [6.07, 6.45) is 4.46. The number of benzene rings is 1. The second-order valence-electron chi connectivity index (χ2n) is 5.12. The maximum Gasteiger partial charge on any atom is 0.242 e. The van der Waals surface area contributed by atoms with Crippen molar-refractivity contribution in [3.05, 3.63) is 28.2 Å². The van der Waals surface area contributed by atoms with Crippen molar-refractivity contribution in [3.63, 3.8) is 0 Å². The predicted molar refractivity (Wildman–Crippen MR) is 84.6 cm³/mol. The second-order valence-corrected chi connectivity index (χ2v) is 5.97. The first kappa shape index (κ1) is 15.5. The molecule has 3 nitrogen and oxygen atoms in total. The maximum absolute atomic E-state index is 12.3. The molecule has 1 aromatic rings. The molecule has 1 aliphatic rings. The standard InChI is InChI=1S/C15H20Cl2N2O/c1-2-12-5-3-4-8-19(12)15(20)10-18-14-7-6-11(16)9-13(14)17/h6-7,9,12,18H,2-5,8,10H2,1H3. The quantitative estimate of drug-likeness (QED) is 0.903. The van der Waals surface area contributed by atoms with Crippen LogP contribution in [0.4, 0.5) is 5.69 Å². The molecule has 20 heavy (non-hydrogen) atoms. The molecule has 0 aromatic heterocycles. The molecule has 2 rings (SSSR count). The van der Waals surface area contributed by atoms with E-state index in [-0.39, 0.29) is 12.5 Å². The first-order chi connectivity index (χ1) is 9.61. The summed E-state index contributed by atoms with van der Waals surface area (Å²) in [6, 6.07) is 5.62. The molecule has 0 bridgehead atoms. The maximum atomic E-state index is 12.3. The first-order valence-electron chi connectivity index (χ1n) is 7.10. The van der Waals surface area contributed by atoms with Gasteiger partial charge in [-0.2, -0.15) is 0 Å². The Labute approximate surface area is 130 Å². The Balaban J connectivity index is 1.94. The molecular formula is C15H20Cl2N2O. The molecule has 1 amide bonds. The molecule has 0 saturated carbocycles. The Kier molecular flexibility index (Phi) is 5.55. The lowest BCUT2D eigenvalue weighted by Gasteiger charge is -2.35. The van der Waals surface area contributed by atoms with Crippen LogP contribution < -0.4 is 5.32 Å². The number of piperidine rings is 1. The lowest BCUT2D eigenvalue weighted by molar-refractivity contribution is -0.133. The van der Waals surface area contributed by atoms with Gasteiger partial charge < -0.3 is 10.2 Å². The number of nitrogens with zero attached hydrogens (tertiary/aromatic N) is 1. The van der Waals surface area contributed by atoms with E-state index >= 15 is 0 Å². The number of carbonyl (C=O) groups is 1. The average molecular weight is 315 g/mol. The number of carbonyl (C=O) groups excluding carboxylic acids is 1. The van der Waals surface area contributed by atoms with Crippen LogP contribution in [0, 0.1) is 0 Å². The van der Waals surface area contributed by atoms with Gasteiger partial charge in [0.15, 0.2) is 0 Å². The second kappa shape index (κ2) is 7.19. The lowest BCUT2D eigenvalue weighted by atomic mass is 10.00. The van der Waals surface area contributed by atoms with Crippen LogP contribution in [0.15, 0.2) is 18.2 Å². The van der Waals surface area contributed by atoms with Crippen molar-refractivity contribution in [1.29, 1.82) is 0 Å². The number of anilines is 1. The van der Waals surface area contributed by atoms with E-state index in [9.17, 15) is 4.79 Å². The predicted octanol–water partition coefficient (Wildman–Crippen LogP) is 4.20. The van der Waals surface area contributed by atoms with Crippen molar-refractivity contribution in [2.75, 3.05) is 18.4 Å². The Morgan fingerprint density at radius 3 is 2.90 bits per heavy atom. The minimum Gasteiger partial charge on any atom is -0.375 e. The third-order valence-corrected chi connectivity index (χ3v) is 4.33. The topological polar surface area (TPSA) is 32.3 Å². The summed E-state index contributed by atoms with van der Waals surface area (Å²) in [4.78, 5) is 14.3. The fourth-order valence-electron chi connectivity index (χ4n) is 2.66. The van der Waals surface area contributed by atoms with Crippen LogP contribution >= 0.6 is 23.2 Å². The van der Waals surface area contributed by atoms with E-state index in [2.05, 4.69) is 12.2 Å². The summed E-state index contributed by atoms with van der Waals surface area (Å²) in [5.74, 6) is 0.141. The van der Waals surface area contributed by atoms with Crippen molar-refractivity contribution in [2.24, 2.45) is 0 Å². The van der Waals surface area contributed by atoms with Gasteiger partial charge in [0, 0.05) is 17.6 Å². The minimum absolute atomic E-state index is 0.141. The van der Waals surface area contributed by atoms with Crippen molar-refractivity contribution in [3.8, 4) is 0 Å². The van der Waals surface area contributed by atoms with E-state index < -0.39 is 0 Å². The van der Waals surface area contributed by atoms with Gasteiger partial charge >= 0.3 is 0 Å². The number of hydrogen-bond donors (Lipinski definition) is 1. The van der Waals surface area contributed by atoms with Crippen LogP contribution in [0.5, 0.6) is 0 Å². The SMILES string of the molecule is CCC1CCCCN1C(=O)CNc1ccc(Cl)cc1Cl. The van der Waals surface area contributed by atoms with Gasteiger partial charge in [-0.1, -0.05) is 30.1 Å². The number of amides is 1. The molecule has 0 aliphatic carbocycles. The van der Waals surface area contributed by atoms with Gasteiger partial charge in [-0.25, -0.2) is 0 Å². The van der Waals surface area contributed by atoms with Crippen molar-refractivity contribution in [2.45, 2.75) is 38.6 Å². The van der Waals surface area contributed by atoms with Crippen LogP contribution in [0.1, 0.15) is 32.6 Å². The zero-order valence-electron chi connectivity index (χ0n) is 11.7. The summed E-state index contributed by atoms with van der Waals surface area (Å²) >= 11 is 11.9. The van der Waals surface area contributed by atoms with E-state index in [0.29, 0.717) is 16.1 Å². The molecule has 1 atom stereocenters. The monoisotopic (exact) mass is 314 g/mol. The van der Waals surface area contributed by atoms with Gasteiger partial charge in [0.2, 0.25) is 5.91 Å². The lowest BCUT2D eigenvalue weighted by Crippen LogP contribution is -2.45. The summed E-state index contributed by atoms with van der Waals surface area (Å²) < 4.78 is 0. The molecule has 0 radical (unpaired) electrons. The molecule has 1 aliphatic heterocycles. The van der Waals surface area contributed by atoms with Crippen LogP contribution in [0.2, 0.25) is 10.0 Å². The smallest absolute Gasteiger partial charge is 0.242 e. The van der Waals surface area contributed by atoms with E-state index in [1.165, 1.54) is 6.42 Å². The summed E-state index contributed by atoms with van der Waals surface area (Å²) in [5.41, 5.74) is 0.745. The molecule has 0 spiro atoms. The van der Waals surface area contributed by atoms with Gasteiger partial charge in [-0.05, 0) is 43.9 Å². The Bertz CT molecular complexity index is 479. The van der Waals surface area contributed by atoms with Gasteiger partial charge in [-0.3, -0.25) is 4.79 Å². The van der Waals surface area contributed by atoms with Crippen LogP contribution in [-0.4, -0.2) is 29.9 Å². The van der Waals surface area contributed by atoms with E-state index in [1.807, 2.05) is 4.90 Å². The Hall–Kier alpha value is -0.930. The van der Waals surface area contributed by atoms with E-state index in [1.54, 1.807) is 18.2 Å². The molecule has 110 valence electrons. The number of likely N-dealkylation sites (tertiary alicyclic amines) is 1. The highest BCUT2D eigenvalue weighted by Gasteiger charge is 2.24.